The molecule has 4 atom stereocenters. The molecule has 0 saturated carbocycles. The number of Topliss-reactive ketones (excluding diaryl/α,β-unsaturated/α-hetero) is 1. The highest BCUT2D eigenvalue weighted by Gasteiger charge is 2.80. The molecule has 0 aromatic heterocycles. The maximum atomic E-state index is 14.5. The second-order valence-corrected chi connectivity index (χ2v) is 11.1. The Morgan fingerprint density at radius 3 is 2.48 bits per heavy atom. The van der Waals surface area contributed by atoms with Crippen molar-refractivity contribution >= 4 is 51.2 Å². The van der Waals surface area contributed by atoms with E-state index >= 15 is 0 Å². The largest absolute Gasteiger partial charge is 0.292 e. The van der Waals surface area contributed by atoms with Crippen molar-refractivity contribution in [3.63, 3.8) is 0 Å². The van der Waals surface area contributed by atoms with Gasteiger partial charge in [-0.15, -0.1) is 11.8 Å². The van der Waals surface area contributed by atoms with Crippen LogP contribution >= 0.6 is 23.5 Å². The van der Waals surface area contributed by atoms with Gasteiger partial charge in [-0.25, -0.2) is 4.39 Å². The van der Waals surface area contributed by atoms with E-state index in [0.717, 1.165) is 33.7 Å². The Labute approximate surface area is 197 Å². The number of thioether (sulfide) groups is 2. The molecule has 2 spiro atoms. The fraction of sp³-hybridized carbons (Fsp3) is 0.240. The molecule has 4 aliphatic rings. The predicted octanol–water partition coefficient (Wildman–Crippen LogP) is 4.26. The van der Waals surface area contributed by atoms with Gasteiger partial charge in [-0.3, -0.25) is 24.6 Å². The number of ketones is 1. The molecule has 164 valence electrons. The van der Waals surface area contributed by atoms with Gasteiger partial charge in [-0.1, -0.05) is 48.5 Å². The molecule has 3 fully saturated rings. The first kappa shape index (κ1) is 19.8. The number of rotatable bonds is 1. The second kappa shape index (κ2) is 6.46. The minimum absolute atomic E-state index is 0.135. The predicted molar refractivity (Wildman–Crippen MR) is 126 cm³/mol. The van der Waals surface area contributed by atoms with Crippen molar-refractivity contribution in [2.75, 3.05) is 11.6 Å². The number of fused-ring (bicyclic) bond motifs is 4. The zero-order chi connectivity index (χ0) is 22.5. The van der Waals surface area contributed by atoms with Crippen LogP contribution in [0.2, 0.25) is 0 Å². The number of imide groups is 1. The standard InChI is InChI=1S/C25H17FN2O3S2/c26-15-9-7-14(8-10-15)20-18-11-32-12-28(18)24(25(20)22(30)27-23(31)33-25)17-6-2-4-13-3-1-5-16(19(13)17)21(24)29/h1-10,18,20H,11-12H2,(H,27,30,31)/t18-,20-,24-,25+/m1/s1. The fourth-order valence-electron chi connectivity index (χ4n) is 6.56. The Morgan fingerprint density at radius 2 is 1.76 bits per heavy atom. The summed E-state index contributed by atoms with van der Waals surface area (Å²) in [4.78, 5) is 43.2. The van der Waals surface area contributed by atoms with Gasteiger partial charge in [0.25, 0.3) is 5.24 Å². The van der Waals surface area contributed by atoms with Gasteiger partial charge in [0.15, 0.2) is 5.78 Å². The third-order valence-electron chi connectivity index (χ3n) is 7.61. The molecule has 2 amide bonds. The Balaban J connectivity index is 1.61. The van der Waals surface area contributed by atoms with Crippen LogP contribution in [0.25, 0.3) is 10.8 Å². The van der Waals surface area contributed by atoms with Crippen molar-refractivity contribution in [2.45, 2.75) is 22.2 Å². The lowest BCUT2D eigenvalue weighted by molar-refractivity contribution is -0.123. The average Bonchev–Trinajstić information content (AvgIpc) is 3.51. The van der Waals surface area contributed by atoms with Crippen molar-refractivity contribution in [1.82, 2.24) is 10.2 Å². The zero-order valence-corrected chi connectivity index (χ0v) is 18.8. The lowest BCUT2D eigenvalue weighted by Crippen LogP contribution is -2.61. The van der Waals surface area contributed by atoms with Gasteiger partial charge in [0.1, 0.15) is 16.1 Å². The van der Waals surface area contributed by atoms with Crippen LogP contribution in [0.3, 0.4) is 0 Å². The van der Waals surface area contributed by atoms with Crippen LogP contribution in [0.15, 0.2) is 60.7 Å². The topological polar surface area (TPSA) is 66.5 Å². The quantitative estimate of drug-likeness (QED) is 0.566. The first-order valence-corrected chi connectivity index (χ1v) is 12.7. The van der Waals surface area contributed by atoms with Crippen LogP contribution in [0, 0.1) is 5.82 Å². The van der Waals surface area contributed by atoms with Crippen LogP contribution in [-0.4, -0.2) is 44.2 Å². The molecule has 3 saturated heterocycles. The first-order chi connectivity index (χ1) is 16.0. The van der Waals surface area contributed by atoms with Gasteiger partial charge >= 0.3 is 0 Å². The number of carbonyl (C=O) groups excluding carboxylic acids is 3. The average molecular weight is 477 g/mol. The molecular weight excluding hydrogens is 459 g/mol. The lowest BCUT2D eigenvalue weighted by Gasteiger charge is -2.43. The van der Waals surface area contributed by atoms with E-state index in [1.165, 1.54) is 12.1 Å². The van der Waals surface area contributed by atoms with Gasteiger partial charge in [-0.05, 0) is 45.8 Å². The van der Waals surface area contributed by atoms with E-state index in [4.69, 9.17) is 0 Å². The van der Waals surface area contributed by atoms with Crippen molar-refractivity contribution in [3.8, 4) is 0 Å². The Hall–Kier alpha value is -2.68. The smallest absolute Gasteiger partial charge is 0.286 e. The molecule has 3 heterocycles. The van der Waals surface area contributed by atoms with Crippen LogP contribution < -0.4 is 5.32 Å². The summed E-state index contributed by atoms with van der Waals surface area (Å²) in [5.74, 6) is -0.117. The monoisotopic (exact) mass is 476 g/mol. The number of nitrogens with one attached hydrogen (secondary N) is 1. The number of halogens is 1. The molecule has 8 heteroatoms. The van der Waals surface area contributed by atoms with Gasteiger partial charge in [0.05, 0.1) is 0 Å². The Morgan fingerprint density at radius 1 is 1.00 bits per heavy atom. The summed E-state index contributed by atoms with van der Waals surface area (Å²) in [5.41, 5.74) is 0.824. The van der Waals surface area contributed by atoms with E-state index in [0.29, 0.717) is 17.2 Å². The highest BCUT2D eigenvalue weighted by molar-refractivity contribution is 8.16. The number of benzene rings is 3. The molecule has 33 heavy (non-hydrogen) atoms. The van der Waals surface area contributed by atoms with E-state index < -0.39 is 27.4 Å². The molecule has 0 bridgehead atoms. The third-order valence-corrected chi connectivity index (χ3v) is 10.00. The zero-order valence-electron chi connectivity index (χ0n) is 17.2. The maximum absolute atomic E-state index is 14.5. The van der Waals surface area contributed by atoms with Gasteiger partial charge in [0.2, 0.25) is 5.91 Å². The summed E-state index contributed by atoms with van der Waals surface area (Å²) >= 11 is 2.65. The highest BCUT2D eigenvalue weighted by Crippen LogP contribution is 2.69. The molecule has 1 aliphatic carbocycles. The van der Waals surface area contributed by atoms with Crippen LogP contribution in [-0.2, 0) is 10.3 Å². The summed E-state index contributed by atoms with van der Waals surface area (Å²) in [6, 6.07) is 17.4. The molecule has 7 rings (SSSR count). The molecule has 3 aliphatic heterocycles. The van der Waals surface area contributed by atoms with Crippen molar-refractivity contribution < 1.29 is 18.8 Å². The van der Waals surface area contributed by atoms with Gasteiger partial charge in [-0.2, -0.15) is 0 Å². The highest BCUT2D eigenvalue weighted by atomic mass is 32.2. The number of carbonyl (C=O) groups is 3. The first-order valence-electron chi connectivity index (χ1n) is 10.7. The lowest BCUT2D eigenvalue weighted by atomic mass is 9.70. The molecule has 3 aromatic carbocycles. The fourth-order valence-corrected chi connectivity index (χ4v) is 9.33. The van der Waals surface area contributed by atoms with Crippen molar-refractivity contribution in [3.05, 3.63) is 83.2 Å². The minimum Gasteiger partial charge on any atom is -0.292 e. The molecule has 3 aromatic rings. The summed E-state index contributed by atoms with van der Waals surface area (Å²) in [6.45, 7) is 0. The number of hydrogen-bond acceptors (Lipinski definition) is 6. The normalized spacial score (nSPS) is 32.5. The SMILES string of the molecule is O=C1NC(=O)[C@@]2(S1)[C@H](c1ccc(F)cc1)[C@H]1CSCN1[C@]21C(=O)c2cccc3cccc1c23. The summed E-state index contributed by atoms with van der Waals surface area (Å²) in [6.07, 6.45) is 0. The Bertz CT molecular complexity index is 1410. The molecule has 0 radical (unpaired) electrons. The van der Waals surface area contributed by atoms with Crippen molar-refractivity contribution in [2.24, 2.45) is 0 Å². The molecule has 1 N–H and O–H groups in total. The van der Waals surface area contributed by atoms with E-state index in [2.05, 4.69) is 10.2 Å². The van der Waals surface area contributed by atoms with Gasteiger partial charge < -0.3 is 0 Å². The Kier molecular flexibility index (Phi) is 3.87. The van der Waals surface area contributed by atoms with E-state index in [1.54, 1.807) is 23.9 Å². The van der Waals surface area contributed by atoms with Gasteiger partial charge in [0, 0.05) is 29.2 Å². The summed E-state index contributed by atoms with van der Waals surface area (Å²) in [5, 5.41) is 3.85. The summed E-state index contributed by atoms with van der Waals surface area (Å²) < 4.78 is 12.4. The van der Waals surface area contributed by atoms with E-state index in [9.17, 15) is 18.8 Å². The molecular formula is C25H17FN2O3S2. The van der Waals surface area contributed by atoms with E-state index in [1.807, 2.05) is 36.4 Å². The molecule has 0 unspecified atom stereocenters. The van der Waals surface area contributed by atoms with Crippen LogP contribution in [0.4, 0.5) is 9.18 Å². The number of hydrogen-bond donors (Lipinski definition) is 1. The maximum Gasteiger partial charge on any atom is 0.286 e. The second-order valence-electron chi connectivity index (χ2n) is 8.89. The summed E-state index contributed by atoms with van der Waals surface area (Å²) in [7, 11) is 0. The van der Waals surface area contributed by atoms with E-state index in [-0.39, 0.29) is 17.6 Å². The third kappa shape index (κ3) is 2.13. The molecule has 5 nitrogen and oxygen atoms in total. The van der Waals surface area contributed by atoms with Crippen molar-refractivity contribution in [1.29, 1.82) is 0 Å². The van der Waals surface area contributed by atoms with Crippen LogP contribution in [0.1, 0.15) is 27.4 Å². The van der Waals surface area contributed by atoms with Crippen LogP contribution in [0.5, 0.6) is 0 Å². The number of nitrogens with zero attached hydrogens (tertiary/aromatic N) is 1. The minimum atomic E-state index is -1.39. The number of amides is 2.